The molecule has 90 valence electrons. The predicted molar refractivity (Wildman–Crippen MR) is 62.0 cm³/mol. The van der Waals surface area contributed by atoms with Crippen LogP contribution in [0.3, 0.4) is 0 Å². The van der Waals surface area contributed by atoms with Crippen LogP contribution in [0.4, 0.5) is 0 Å². The van der Waals surface area contributed by atoms with Gasteiger partial charge < -0.3 is 9.84 Å². The lowest BCUT2D eigenvalue weighted by Crippen LogP contribution is -2.53. The second-order valence-electron chi connectivity index (χ2n) is 4.99. The maximum absolute atomic E-state index is 8.67. The van der Waals surface area contributed by atoms with Gasteiger partial charge in [0.1, 0.15) is 0 Å². The van der Waals surface area contributed by atoms with Crippen molar-refractivity contribution in [2.75, 3.05) is 32.9 Å². The van der Waals surface area contributed by atoms with E-state index in [0.29, 0.717) is 6.61 Å². The minimum atomic E-state index is 0.204. The molecule has 0 amide bonds. The van der Waals surface area contributed by atoms with Crippen molar-refractivity contribution in [1.82, 2.24) is 4.90 Å². The van der Waals surface area contributed by atoms with Crippen molar-refractivity contribution < 1.29 is 9.84 Å². The van der Waals surface area contributed by atoms with Crippen LogP contribution in [-0.2, 0) is 4.74 Å². The number of ether oxygens (including phenoxy) is 1. The maximum atomic E-state index is 8.67. The van der Waals surface area contributed by atoms with E-state index in [1.807, 2.05) is 0 Å². The van der Waals surface area contributed by atoms with E-state index in [9.17, 15) is 0 Å². The molecule has 0 spiro atoms. The number of aliphatic hydroxyl groups excluding tert-OH is 1. The van der Waals surface area contributed by atoms with E-state index in [4.69, 9.17) is 9.84 Å². The third kappa shape index (κ3) is 4.49. The highest BCUT2D eigenvalue weighted by Gasteiger charge is 2.29. The Morgan fingerprint density at radius 1 is 1.20 bits per heavy atom. The number of hydrogen-bond donors (Lipinski definition) is 1. The molecule has 1 rings (SSSR count). The highest BCUT2D eigenvalue weighted by molar-refractivity contribution is 4.84. The molecule has 1 saturated heterocycles. The Kier molecular flexibility index (Phi) is 5.58. The molecule has 1 aliphatic rings. The highest BCUT2D eigenvalue weighted by Crippen LogP contribution is 2.19. The summed E-state index contributed by atoms with van der Waals surface area (Å²) in [5.74, 6) is 0. The summed E-state index contributed by atoms with van der Waals surface area (Å²) in [4.78, 5) is 2.52. The summed E-state index contributed by atoms with van der Waals surface area (Å²) < 4.78 is 5.49. The van der Waals surface area contributed by atoms with Gasteiger partial charge in [-0.2, -0.15) is 0 Å². The Morgan fingerprint density at radius 3 is 2.60 bits per heavy atom. The van der Waals surface area contributed by atoms with Crippen LogP contribution < -0.4 is 0 Å². The van der Waals surface area contributed by atoms with Gasteiger partial charge >= 0.3 is 0 Å². The zero-order valence-corrected chi connectivity index (χ0v) is 10.2. The number of hydrogen-bond acceptors (Lipinski definition) is 3. The molecule has 1 fully saturated rings. The van der Waals surface area contributed by atoms with E-state index in [2.05, 4.69) is 18.7 Å². The summed E-state index contributed by atoms with van der Waals surface area (Å²) in [5.41, 5.74) is 0.204. The Hall–Kier alpha value is -0.120. The zero-order chi connectivity index (χ0) is 11.1. The van der Waals surface area contributed by atoms with E-state index >= 15 is 0 Å². The van der Waals surface area contributed by atoms with Crippen molar-refractivity contribution in [3.63, 3.8) is 0 Å². The zero-order valence-electron chi connectivity index (χ0n) is 10.2. The monoisotopic (exact) mass is 215 g/mol. The Labute approximate surface area is 93.4 Å². The van der Waals surface area contributed by atoms with Crippen LogP contribution in [0.25, 0.3) is 0 Å². The van der Waals surface area contributed by atoms with E-state index in [1.165, 1.54) is 19.4 Å². The first-order valence-corrected chi connectivity index (χ1v) is 6.10. The molecule has 1 N–H and O–H groups in total. The van der Waals surface area contributed by atoms with Crippen molar-refractivity contribution in [3.05, 3.63) is 0 Å². The minimum Gasteiger partial charge on any atom is -0.396 e. The number of nitrogens with zero attached hydrogens (tertiary/aromatic N) is 1. The van der Waals surface area contributed by atoms with Crippen LogP contribution in [-0.4, -0.2) is 48.5 Å². The van der Waals surface area contributed by atoms with Crippen LogP contribution in [0.15, 0.2) is 0 Å². The summed E-state index contributed by atoms with van der Waals surface area (Å²) in [6.07, 6.45) is 4.57. The molecule has 3 nitrogen and oxygen atoms in total. The SMILES string of the molecule is CC1(C)COCCN1CCCCCCO. The fraction of sp³-hybridized carbons (Fsp3) is 1.00. The van der Waals surface area contributed by atoms with Crippen LogP contribution in [0.5, 0.6) is 0 Å². The molecule has 0 aromatic heterocycles. The van der Waals surface area contributed by atoms with E-state index in [0.717, 1.165) is 32.6 Å². The van der Waals surface area contributed by atoms with Gasteiger partial charge in [-0.05, 0) is 33.2 Å². The van der Waals surface area contributed by atoms with Gasteiger partial charge in [-0.1, -0.05) is 12.8 Å². The van der Waals surface area contributed by atoms with Crippen LogP contribution >= 0.6 is 0 Å². The molecule has 1 heterocycles. The molecule has 0 unspecified atom stereocenters. The molecule has 0 aromatic carbocycles. The average molecular weight is 215 g/mol. The van der Waals surface area contributed by atoms with Gasteiger partial charge in [-0.15, -0.1) is 0 Å². The van der Waals surface area contributed by atoms with Crippen LogP contribution in [0.1, 0.15) is 39.5 Å². The molecular formula is C12H25NO2. The molecule has 15 heavy (non-hydrogen) atoms. The molecule has 0 radical (unpaired) electrons. The van der Waals surface area contributed by atoms with Crippen molar-refractivity contribution >= 4 is 0 Å². The normalized spacial score (nSPS) is 21.8. The number of aliphatic hydroxyl groups is 1. The number of unbranched alkanes of at least 4 members (excludes halogenated alkanes) is 3. The van der Waals surface area contributed by atoms with Crippen LogP contribution in [0, 0.1) is 0 Å². The molecular weight excluding hydrogens is 190 g/mol. The van der Waals surface area contributed by atoms with E-state index < -0.39 is 0 Å². The Bertz CT molecular complexity index is 171. The lowest BCUT2D eigenvalue weighted by molar-refractivity contribution is -0.0513. The lowest BCUT2D eigenvalue weighted by Gasteiger charge is -2.42. The highest BCUT2D eigenvalue weighted by atomic mass is 16.5. The third-order valence-electron chi connectivity index (χ3n) is 3.15. The van der Waals surface area contributed by atoms with Crippen molar-refractivity contribution in [1.29, 1.82) is 0 Å². The minimum absolute atomic E-state index is 0.204. The van der Waals surface area contributed by atoms with Crippen LogP contribution in [0.2, 0.25) is 0 Å². The first-order chi connectivity index (χ1) is 7.17. The topological polar surface area (TPSA) is 32.7 Å². The van der Waals surface area contributed by atoms with Crippen molar-refractivity contribution in [3.8, 4) is 0 Å². The van der Waals surface area contributed by atoms with E-state index in [-0.39, 0.29) is 5.54 Å². The summed E-state index contributed by atoms with van der Waals surface area (Å²) in [6.45, 7) is 8.79. The van der Waals surface area contributed by atoms with Crippen molar-refractivity contribution in [2.45, 2.75) is 45.1 Å². The predicted octanol–water partition coefficient (Wildman–Crippen LogP) is 1.65. The number of morpholine rings is 1. The van der Waals surface area contributed by atoms with Gasteiger partial charge in [0.05, 0.1) is 13.2 Å². The molecule has 0 saturated carbocycles. The van der Waals surface area contributed by atoms with Crippen molar-refractivity contribution in [2.24, 2.45) is 0 Å². The lowest BCUT2D eigenvalue weighted by atomic mass is 10.0. The molecule has 0 aliphatic carbocycles. The summed E-state index contributed by atoms with van der Waals surface area (Å²) in [7, 11) is 0. The maximum Gasteiger partial charge on any atom is 0.0645 e. The fourth-order valence-corrected chi connectivity index (χ4v) is 2.07. The molecule has 0 bridgehead atoms. The summed E-state index contributed by atoms with van der Waals surface area (Å²) in [5, 5.41) is 8.67. The fourth-order valence-electron chi connectivity index (χ4n) is 2.07. The summed E-state index contributed by atoms with van der Waals surface area (Å²) in [6, 6.07) is 0. The smallest absolute Gasteiger partial charge is 0.0645 e. The molecule has 0 atom stereocenters. The largest absolute Gasteiger partial charge is 0.396 e. The summed E-state index contributed by atoms with van der Waals surface area (Å²) >= 11 is 0. The average Bonchev–Trinajstić information content (AvgIpc) is 2.19. The quantitative estimate of drug-likeness (QED) is 0.684. The molecule has 1 aliphatic heterocycles. The first-order valence-electron chi connectivity index (χ1n) is 6.10. The number of rotatable bonds is 6. The van der Waals surface area contributed by atoms with Gasteiger partial charge in [0.25, 0.3) is 0 Å². The van der Waals surface area contributed by atoms with E-state index in [1.54, 1.807) is 0 Å². The Morgan fingerprint density at radius 2 is 1.93 bits per heavy atom. The van der Waals surface area contributed by atoms with Gasteiger partial charge in [0, 0.05) is 18.7 Å². The van der Waals surface area contributed by atoms with Gasteiger partial charge in [-0.25, -0.2) is 0 Å². The second kappa shape index (κ2) is 6.46. The third-order valence-corrected chi connectivity index (χ3v) is 3.15. The Balaban J connectivity index is 2.13. The van der Waals surface area contributed by atoms with Gasteiger partial charge in [0.15, 0.2) is 0 Å². The molecule has 3 heteroatoms. The first kappa shape index (κ1) is 12.9. The van der Waals surface area contributed by atoms with Gasteiger partial charge in [-0.3, -0.25) is 4.90 Å². The van der Waals surface area contributed by atoms with Gasteiger partial charge in [0.2, 0.25) is 0 Å². The molecule has 0 aromatic rings. The second-order valence-corrected chi connectivity index (χ2v) is 4.99. The standard InChI is InChI=1S/C12H25NO2/c1-12(2)11-15-10-8-13(12)7-5-3-4-6-9-14/h14H,3-11H2,1-2H3.